The summed E-state index contributed by atoms with van der Waals surface area (Å²) in [5, 5.41) is 9.49. The third-order valence-corrected chi connectivity index (χ3v) is 5.93. The minimum Gasteiger partial charge on any atom is -0.461 e. The van der Waals surface area contributed by atoms with Crippen LogP contribution in [-0.2, 0) is 9.53 Å². The number of hydrogen-bond acceptors (Lipinski definition) is 5. The highest BCUT2D eigenvalue weighted by Crippen LogP contribution is 2.33. The number of hydrogen-bond donors (Lipinski definition) is 0. The molecule has 0 radical (unpaired) electrons. The summed E-state index contributed by atoms with van der Waals surface area (Å²) < 4.78 is 16.3. The Bertz CT molecular complexity index is 765. The van der Waals surface area contributed by atoms with Crippen molar-refractivity contribution in [1.82, 2.24) is 0 Å². The van der Waals surface area contributed by atoms with Gasteiger partial charge in [0.2, 0.25) is 6.79 Å². The van der Waals surface area contributed by atoms with Gasteiger partial charge < -0.3 is 14.2 Å². The number of nitriles is 1. The number of unbranched alkanes of at least 4 members (excludes halogenated alkanes) is 8. The molecule has 1 atom stereocenters. The average Bonchev–Trinajstić information content (AvgIpc) is 3.28. The predicted octanol–water partition coefficient (Wildman–Crippen LogP) is 7.20. The van der Waals surface area contributed by atoms with Crippen molar-refractivity contribution in [1.29, 1.82) is 5.26 Å². The van der Waals surface area contributed by atoms with Gasteiger partial charge in [-0.3, -0.25) is 0 Å². The second-order valence-corrected chi connectivity index (χ2v) is 8.65. The molecular formula is C27H39NO4. The van der Waals surface area contributed by atoms with Gasteiger partial charge in [0.25, 0.3) is 0 Å². The minimum absolute atomic E-state index is 0.00756. The zero-order valence-corrected chi connectivity index (χ0v) is 19.9. The van der Waals surface area contributed by atoms with Crippen LogP contribution in [0.2, 0.25) is 0 Å². The van der Waals surface area contributed by atoms with Gasteiger partial charge in [0, 0.05) is 0 Å². The van der Waals surface area contributed by atoms with Gasteiger partial charge in [-0.1, -0.05) is 84.1 Å². The number of nitrogens with zero attached hydrogens (tertiary/aromatic N) is 1. The van der Waals surface area contributed by atoms with Crippen LogP contribution in [0.15, 0.2) is 23.8 Å². The third-order valence-electron chi connectivity index (χ3n) is 5.93. The Balaban J connectivity index is 1.87. The molecule has 1 unspecified atom stereocenters. The molecule has 176 valence electrons. The monoisotopic (exact) mass is 441 g/mol. The normalized spacial score (nSPS) is 13.6. The molecule has 0 aromatic heterocycles. The molecule has 1 aromatic carbocycles. The summed E-state index contributed by atoms with van der Waals surface area (Å²) in [6.07, 6.45) is 16.2. The van der Waals surface area contributed by atoms with Gasteiger partial charge in [0.15, 0.2) is 11.5 Å². The van der Waals surface area contributed by atoms with E-state index < -0.39 is 5.97 Å². The Hall–Kier alpha value is -2.48. The van der Waals surface area contributed by atoms with Crippen molar-refractivity contribution in [3.8, 4) is 17.6 Å². The number of carbonyl (C=O) groups is 1. The summed E-state index contributed by atoms with van der Waals surface area (Å²) in [4.78, 5) is 12.6. The molecule has 0 aliphatic carbocycles. The highest BCUT2D eigenvalue weighted by Gasteiger charge is 2.17. The standard InChI is InChI=1S/C27H39NO4/c1-3-5-7-9-10-12-14-22(13-11-8-6-4-2)20-30-27(29)24(19-28)17-23-15-16-25-26(18-23)32-21-31-25/h15-18,22H,3-14,20-21H2,1-2H3. The first-order chi connectivity index (χ1) is 15.7. The van der Waals surface area contributed by atoms with Crippen molar-refractivity contribution in [3.63, 3.8) is 0 Å². The van der Waals surface area contributed by atoms with Crippen LogP contribution in [0.25, 0.3) is 6.08 Å². The van der Waals surface area contributed by atoms with Crippen molar-refractivity contribution in [2.75, 3.05) is 13.4 Å². The Morgan fingerprint density at radius 2 is 1.62 bits per heavy atom. The molecule has 1 heterocycles. The molecule has 1 aliphatic heterocycles. The Kier molecular flexibility index (Phi) is 12.4. The molecule has 5 heteroatoms. The predicted molar refractivity (Wildman–Crippen MR) is 127 cm³/mol. The Labute approximate surface area is 193 Å². The van der Waals surface area contributed by atoms with E-state index in [1.165, 1.54) is 64.2 Å². The number of ether oxygens (including phenoxy) is 3. The second-order valence-electron chi connectivity index (χ2n) is 8.65. The molecule has 32 heavy (non-hydrogen) atoms. The van der Waals surface area contributed by atoms with Crippen LogP contribution < -0.4 is 9.47 Å². The number of carbonyl (C=O) groups excluding carboxylic acids is 1. The smallest absolute Gasteiger partial charge is 0.348 e. The van der Waals surface area contributed by atoms with Crippen LogP contribution in [0.5, 0.6) is 11.5 Å². The quantitative estimate of drug-likeness (QED) is 0.117. The first kappa shape index (κ1) is 25.8. The number of fused-ring (bicyclic) bond motifs is 1. The lowest BCUT2D eigenvalue weighted by Crippen LogP contribution is -2.15. The van der Waals surface area contributed by atoms with Gasteiger partial charge in [-0.25, -0.2) is 4.79 Å². The molecule has 1 aromatic rings. The van der Waals surface area contributed by atoms with Crippen LogP contribution in [0.3, 0.4) is 0 Å². The SMILES string of the molecule is CCCCCCCCC(CCCCCC)COC(=O)C(C#N)=Cc1ccc2c(c1)OCO2. The molecule has 0 amide bonds. The van der Waals surface area contributed by atoms with E-state index in [4.69, 9.17) is 14.2 Å². The van der Waals surface area contributed by atoms with E-state index in [-0.39, 0.29) is 12.4 Å². The maximum Gasteiger partial charge on any atom is 0.348 e. The van der Waals surface area contributed by atoms with E-state index >= 15 is 0 Å². The van der Waals surface area contributed by atoms with Crippen molar-refractivity contribution < 1.29 is 19.0 Å². The summed E-state index contributed by atoms with van der Waals surface area (Å²) in [6, 6.07) is 7.33. The summed E-state index contributed by atoms with van der Waals surface area (Å²) in [6.45, 7) is 5.02. The molecule has 0 saturated heterocycles. The minimum atomic E-state index is -0.549. The summed E-state index contributed by atoms with van der Waals surface area (Å²) in [5.74, 6) is 1.11. The van der Waals surface area contributed by atoms with Crippen molar-refractivity contribution >= 4 is 12.0 Å². The highest BCUT2D eigenvalue weighted by atomic mass is 16.7. The molecule has 1 aliphatic rings. The van der Waals surface area contributed by atoms with Crippen LogP contribution >= 0.6 is 0 Å². The van der Waals surface area contributed by atoms with Gasteiger partial charge in [0.1, 0.15) is 11.6 Å². The maximum atomic E-state index is 12.6. The summed E-state index contributed by atoms with van der Waals surface area (Å²) in [5.41, 5.74) is 0.721. The molecular weight excluding hydrogens is 402 g/mol. The number of benzene rings is 1. The van der Waals surface area contributed by atoms with Crippen LogP contribution in [0.1, 0.15) is 96.5 Å². The van der Waals surface area contributed by atoms with Crippen LogP contribution in [0.4, 0.5) is 0 Å². The van der Waals surface area contributed by atoms with E-state index in [1.54, 1.807) is 24.3 Å². The summed E-state index contributed by atoms with van der Waals surface area (Å²) in [7, 11) is 0. The fraction of sp³-hybridized carbons (Fsp3) is 0.630. The molecule has 2 rings (SSSR count). The molecule has 0 saturated carbocycles. The lowest BCUT2D eigenvalue weighted by molar-refractivity contribution is -0.140. The fourth-order valence-corrected chi connectivity index (χ4v) is 3.96. The zero-order valence-electron chi connectivity index (χ0n) is 19.9. The fourth-order valence-electron chi connectivity index (χ4n) is 3.96. The number of rotatable bonds is 16. The topological polar surface area (TPSA) is 68.6 Å². The van der Waals surface area contributed by atoms with E-state index in [0.29, 0.717) is 29.6 Å². The first-order valence-electron chi connectivity index (χ1n) is 12.4. The van der Waals surface area contributed by atoms with Crippen molar-refractivity contribution in [2.45, 2.75) is 90.9 Å². The molecule has 0 spiro atoms. The second kappa shape index (κ2) is 15.3. The third kappa shape index (κ3) is 9.34. The first-order valence-corrected chi connectivity index (χ1v) is 12.4. The molecule has 0 bridgehead atoms. The lowest BCUT2D eigenvalue weighted by Gasteiger charge is -2.17. The molecule has 5 nitrogen and oxygen atoms in total. The van der Waals surface area contributed by atoms with Gasteiger partial charge in [-0.05, 0) is 42.5 Å². The van der Waals surface area contributed by atoms with Crippen molar-refractivity contribution in [2.24, 2.45) is 5.92 Å². The lowest BCUT2D eigenvalue weighted by atomic mass is 9.95. The van der Waals surface area contributed by atoms with Gasteiger partial charge in [-0.15, -0.1) is 0 Å². The van der Waals surface area contributed by atoms with E-state index in [0.717, 1.165) is 12.8 Å². The van der Waals surface area contributed by atoms with Gasteiger partial charge in [-0.2, -0.15) is 5.26 Å². The Morgan fingerprint density at radius 1 is 1.00 bits per heavy atom. The van der Waals surface area contributed by atoms with Crippen molar-refractivity contribution in [3.05, 3.63) is 29.3 Å². The van der Waals surface area contributed by atoms with Gasteiger partial charge in [0.05, 0.1) is 6.61 Å². The van der Waals surface area contributed by atoms with E-state index in [9.17, 15) is 10.1 Å². The largest absolute Gasteiger partial charge is 0.461 e. The highest BCUT2D eigenvalue weighted by molar-refractivity contribution is 5.98. The van der Waals surface area contributed by atoms with Crippen LogP contribution in [0, 0.1) is 17.2 Å². The summed E-state index contributed by atoms with van der Waals surface area (Å²) >= 11 is 0. The van der Waals surface area contributed by atoms with Gasteiger partial charge >= 0.3 is 5.97 Å². The Morgan fingerprint density at radius 3 is 2.31 bits per heavy atom. The zero-order chi connectivity index (χ0) is 23.0. The van der Waals surface area contributed by atoms with E-state index in [2.05, 4.69) is 13.8 Å². The maximum absolute atomic E-state index is 12.6. The van der Waals surface area contributed by atoms with E-state index in [1.807, 2.05) is 6.07 Å². The van der Waals surface area contributed by atoms with Crippen LogP contribution in [-0.4, -0.2) is 19.4 Å². The molecule has 0 fully saturated rings. The molecule has 0 N–H and O–H groups in total. The number of esters is 1. The average molecular weight is 442 g/mol.